The first-order valence-corrected chi connectivity index (χ1v) is 13.0. The van der Waals surface area contributed by atoms with Gasteiger partial charge in [-0.2, -0.15) is 0 Å². The van der Waals surface area contributed by atoms with Crippen LogP contribution >= 0.6 is 15.9 Å². The van der Waals surface area contributed by atoms with Crippen LogP contribution < -0.4 is 9.62 Å². The van der Waals surface area contributed by atoms with Crippen LogP contribution in [0.4, 0.5) is 11.4 Å². The Labute approximate surface area is 191 Å². The number of carbonyl (C=O) groups is 1. The maximum absolute atomic E-state index is 12.6. The molecule has 162 valence electrons. The highest BCUT2D eigenvalue weighted by atomic mass is 79.9. The van der Waals surface area contributed by atoms with E-state index in [0.29, 0.717) is 12.1 Å². The van der Waals surface area contributed by atoms with E-state index >= 15 is 0 Å². The van der Waals surface area contributed by atoms with E-state index in [1.165, 1.54) is 27.1 Å². The third kappa shape index (κ3) is 4.62. The van der Waals surface area contributed by atoms with E-state index in [1.54, 1.807) is 6.07 Å². The van der Waals surface area contributed by atoms with Crippen molar-refractivity contribution in [3.8, 4) is 0 Å². The Bertz CT molecular complexity index is 1260. The fourth-order valence-corrected chi connectivity index (χ4v) is 5.43. The number of aryl methyl sites for hydroxylation is 3. The van der Waals surface area contributed by atoms with Gasteiger partial charge in [0, 0.05) is 28.5 Å². The molecule has 0 fully saturated rings. The van der Waals surface area contributed by atoms with Crippen molar-refractivity contribution in [1.29, 1.82) is 0 Å². The molecule has 0 aromatic heterocycles. The maximum atomic E-state index is 12.6. The van der Waals surface area contributed by atoms with Gasteiger partial charge in [-0.05, 0) is 72.5 Å². The van der Waals surface area contributed by atoms with Gasteiger partial charge in [0.1, 0.15) is 0 Å². The molecule has 5 nitrogen and oxygen atoms in total. The van der Waals surface area contributed by atoms with E-state index in [1.807, 2.05) is 37.3 Å². The van der Waals surface area contributed by atoms with E-state index < -0.39 is 10.0 Å². The number of hydrogen-bond acceptors (Lipinski definition) is 3. The summed E-state index contributed by atoms with van der Waals surface area (Å²) >= 11 is 3.44. The van der Waals surface area contributed by atoms with E-state index in [0.717, 1.165) is 34.0 Å². The number of rotatable bonds is 7. The maximum Gasteiger partial charge on any atom is 0.232 e. The average Bonchev–Trinajstić information content (AvgIpc) is 3.13. The van der Waals surface area contributed by atoms with Gasteiger partial charge in [0.25, 0.3) is 0 Å². The predicted octanol–water partition coefficient (Wildman–Crippen LogP) is 5.19. The highest BCUT2D eigenvalue weighted by Crippen LogP contribution is 2.35. The SMILES string of the molecule is Cc1cc(N(CCCC(=O)Nc2ccc3c4c(cccc24)CC3)S(C)(=O)=O)ccc1Br. The van der Waals surface area contributed by atoms with Crippen molar-refractivity contribution in [2.45, 2.75) is 32.6 Å². The standard InChI is InChI=1S/C24H25BrN2O3S/c1-16-15-19(11-12-21(16)25)27(31(2,29)30)14-4-7-23(28)26-22-13-10-18-9-8-17-5-3-6-20(22)24(17)18/h3,5-6,10-13,15H,4,7-9,14H2,1-2H3,(H,26,28). The molecule has 7 heteroatoms. The molecule has 0 aliphatic heterocycles. The first-order valence-electron chi connectivity index (χ1n) is 10.3. The number of amides is 1. The minimum absolute atomic E-state index is 0.112. The van der Waals surface area contributed by atoms with Crippen molar-refractivity contribution in [1.82, 2.24) is 0 Å². The molecular weight excluding hydrogens is 476 g/mol. The van der Waals surface area contributed by atoms with Crippen LogP contribution in [0.2, 0.25) is 0 Å². The molecule has 3 aromatic rings. The first kappa shape index (κ1) is 21.8. The molecule has 1 amide bonds. The normalized spacial score (nSPS) is 12.9. The number of sulfonamides is 1. The van der Waals surface area contributed by atoms with Gasteiger partial charge in [0.15, 0.2) is 0 Å². The number of benzene rings is 3. The molecule has 1 aliphatic carbocycles. The van der Waals surface area contributed by atoms with Crippen LogP contribution in [0.3, 0.4) is 0 Å². The van der Waals surface area contributed by atoms with Crippen LogP contribution in [0.15, 0.2) is 53.0 Å². The number of halogens is 1. The Balaban J connectivity index is 1.44. The summed E-state index contributed by atoms with van der Waals surface area (Å²) in [5.74, 6) is -0.112. The third-order valence-corrected chi connectivity index (χ3v) is 7.83. The van der Waals surface area contributed by atoms with Gasteiger partial charge in [-0.3, -0.25) is 9.10 Å². The quantitative estimate of drug-likeness (QED) is 0.485. The molecule has 31 heavy (non-hydrogen) atoms. The average molecular weight is 501 g/mol. The molecule has 1 N–H and O–H groups in total. The van der Waals surface area contributed by atoms with Gasteiger partial charge in [-0.25, -0.2) is 8.42 Å². The van der Waals surface area contributed by atoms with E-state index in [4.69, 9.17) is 0 Å². The summed E-state index contributed by atoms with van der Waals surface area (Å²) in [6.45, 7) is 2.16. The summed E-state index contributed by atoms with van der Waals surface area (Å²) in [5, 5.41) is 5.35. The zero-order valence-corrected chi connectivity index (χ0v) is 20.0. The molecule has 0 saturated heterocycles. The molecular formula is C24H25BrN2O3S. The highest BCUT2D eigenvalue weighted by Gasteiger charge is 2.19. The van der Waals surface area contributed by atoms with Crippen LogP contribution in [-0.4, -0.2) is 27.1 Å². The monoisotopic (exact) mass is 500 g/mol. The van der Waals surface area contributed by atoms with Gasteiger partial charge >= 0.3 is 0 Å². The van der Waals surface area contributed by atoms with Crippen molar-refractivity contribution in [3.63, 3.8) is 0 Å². The Morgan fingerprint density at radius 1 is 1.10 bits per heavy atom. The van der Waals surface area contributed by atoms with Crippen molar-refractivity contribution >= 4 is 54.0 Å². The lowest BCUT2D eigenvalue weighted by Crippen LogP contribution is -2.31. The number of carbonyl (C=O) groups excluding carboxylic acids is 1. The molecule has 0 bridgehead atoms. The van der Waals surface area contributed by atoms with Crippen molar-refractivity contribution in [2.24, 2.45) is 0 Å². The molecule has 0 heterocycles. The van der Waals surface area contributed by atoms with Crippen molar-refractivity contribution in [3.05, 3.63) is 69.7 Å². The molecule has 1 aliphatic rings. The van der Waals surface area contributed by atoms with Gasteiger partial charge in [0.05, 0.1) is 11.9 Å². The van der Waals surface area contributed by atoms with Gasteiger partial charge in [0.2, 0.25) is 15.9 Å². The Morgan fingerprint density at radius 2 is 1.84 bits per heavy atom. The second-order valence-corrected chi connectivity index (χ2v) is 10.8. The lowest BCUT2D eigenvalue weighted by Gasteiger charge is -2.23. The fraction of sp³-hybridized carbons (Fsp3) is 0.292. The largest absolute Gasteiger partial charge is 0.326 e. The summed E-state index contributed by atoms with van der Waals surface area (Å²) in [4.78, 5) is 12.6. The summed E-state index contributed by atoms with van der Waals surface area (Å²) < 4.78 is 26.9. The van der Waals surface area contributed by atoms with Gasteiger partial charge < -0.3 is 5.32 Å². The predicted molar refractivity (Wildman–Crippen MR) is 130 cm³/mol. The zero-order chi connectivity index (χ0) is 22.2. The number of nitrogens with one attached hydrogen (secondary N) is 1. The second-order valence-electron chi connectivity index (χ2n) is 8.03. The minimum atomic E-state index is -3.45. The summed E-state index contributed by atoms with van der Waals surface area (Å²) in [6, 6.07) is 15.7. The topological polar surface area (TPSA) is 66.5 Å². The molecule has 0 spiro atoms. The van der Waals surface area contributed by atoms with E-state index in [-0.39, 0.29) is 18.9 Å². The molecule has 0 unspecified atom stereocenters. The third-order valence-electron chi connectivity index (χ3n) is 5.75. The molecule has 4 rings (SSSR count). The Kier molecular flexibility index (Phi) is 6.08. The van der Waals surface area contributed by atoms with Crippen LogP contribution in [0.1, 0.15) is 29.5 Å². The van der Waals surface area contributed by atoms with Crippen LogP contribution in [0, 0.1) is 6.92 Å². The number of anilines is 2. The molecule has 0 radical (unpaired) electrons. The second kappa shape index (κ2) is 8.63. The minimum Gasteiger partial charge on any atom is -0.326 e. The summed E-state index contributed by atoms with van der Waals surface area (Å²) in [5.41, 5.74) is 5.04. The zero-order valence-electron chi connectivity index (χ0n) is 17.6. The van der Waals surface area contributed by atoms with Crippen molar-refractivity contribution in [2.75, 3.05) is 22.4 Å². The van der Waals surface area contributed by atoms with Crippen LogP contribution in [-0.2, 0) is 27.7 Å². The number of hydrogen-bond donors (Lipinski definition) is 1. The molecule has 0 saturated carbocycles. The van der Waals surface area contributed by atoms with E-state index in [9.17, 15) is 13.2 Å². The highest BCUT2D eigenvalue weighted by molar-refractivity contribution is 9.10. The molecule has 3 aromatic carbocycles. The van der Waals surface area contributed by atoms with E-state index in [2.05, 4.69) is 33.4 Å². The van der Waals surface area contributed by atoms with Gasteiger partial charge in [-0.15, -0.1) is 0 Å². The summed E-state index contributed by atoms with van der Waals surface area (Å²) in [6.07, 6.45) is 3.94. The number of nitrogens with zero attached hydrogens (tertiary/aromatic N) is 1. The molecule has 0 atom stereocenters. The summed E-state index contributed by atoms with van der Waals surface area (Å²) in [7, 11) is -3.45. The first-order chi connectivity index (χ1) is 14.7. The fourth-order valence-electron chi connectivity index (χ4n) is 4.22. The van der Waals surface area contributed by atoms with Crippen LogP contribution in [0.5, 0.6) is 0 Å². The smallest absolute Gasteiger partial charge is 0.232 e. The Morgan fingerprint density at radius 3 is 2.55 bits per heavy atom. The van der Waals surface area contributed by atoms with Crippen LogP contribution in [0.25, 0.3) is 10.8 Å². The lowest BCUT2D eigenvalue weighted by atomic mass is 10.0. The lowest BCUT2D eigenvalue weighted by molar-refractivity contribution is -0.116. The van der Waals surface area contributed by atoms with Gasteiger partial charge in [-0.1, -0.05) is 40.2 Å². The Hall–Kier alpha value is -2.38. The van der Waals surface area contributed by atoms with Crippen molar-refractivity contribution < 1.29 is 13.2 Å².